The van der Waals surface area contributed by atoms with Crippen molar-refractivity contribution in [3.05, 3.63) is 52.0 Å². The summed E-state index contributed by atoms with van der Waals surface area (Å²) in [7, 11) is 0. The van der Waals surface area contributed by atoms with Gasteiger partial charge in [-0.15, -0.1) is 0 Å². The molecule has 0 bridgehead atoms. The molecule has 0 aromatic heterocycles. The van der Waals surface area contributed by atoms with Gasteiger partial charge in [-0.3, -0.25) is 4.79 Å². The van der Waals surface area contributed by atoms with Crippen molar-refractivity contribution < 1.29 is 9.53 Å². The van der Waals surface area contributed by atoms with E-state index in [4.69, 9.17) is 33.7 Å². The van der Waals surface area contributed by atoms with Crippen LogP contribution in [0.15, 0.2) is 36.4 Å². The highest BCUT2D eigenvalue weighted by Crippen LogP contribution is 2.39. The number of rotatable bonds is 2. The number of carbonyl (C=O) groups excluding carboxylic acids is 1. The molecule has 0 fully saturated rings. The lowest BCUT2D eigenvalue weighted by Crippen LogP contribution is -2.19. The van der Waals surface area contributed by atoms with Gasteiger partial charge in [0.15, 0.2) is 0 Å². The van der Waals surface area contributed by atoms with Crippen LogP contribution in [0.1, 0.15) is 11.6 Å². The minimum atomic E-state index is -0.688. The number of nitrogens with one attached hydrogen (secondary N) is 1. The van der Waals surface area contributed by atoms with E-state index in [1.807, 2.05) is 0 Å². The van der Waals surface area contributed by atoms with E-state index in [9.17, 15) is 4.79 Å². The monoisotopic (exact) mass is 308 g/mol. The quantitative estimate of drug-likeness (QED) is 0.888. The van der Waals surface area contributed by atoms with Crippen LogP contribution in [-0.4, -0.2) is 5.91 Å². The highest BCUT2D eigenvalue weighted by atomic mass is 35.5. The molecular formula is C14H10Cl2N2O2. The van der Waals surface area contributed by atoms with Crippen molar-refractivity contribution in [2.24, 2.45) is 5.73 Å². The van der Waals surface area contributed by atoms with Crippen molar-refractivity contribution >= 4 is 34.8 Å². The Morgan fingerprint density at radius 3 is 2.55 bits per heavy atom. The number of benzene rings is 2. The number of fused-ring (bicyclic) bond motifs is 1. The zero-order chi connectivity index (χ0) is 14.3. The van der Waals surface area contributed by atoms with Crippen LogP contribution in [0.5, 0.6) is 11.5 Å². The van der Waals surface area contributed by atoms with Crippen LogP contribution < -0.4 is 15.8 Å². The zero-order valence-electron chi connectivity index (χ0n) is 10.2. The largest absolute Gasteiger partial charge is 0.456 e. The van der Waals surface area contributed by atoms with Crippen LogP contribution in [0.25, 0.3) is 0 Å². The van der Waals surface area contributed by atoms with Gasteiger partial charge in [-0.25, -0.2) is 0 Å². The van der Waals surface area contributed by atoms with Gasteiger partial charge in [0.1, 0.15) is 17.5 Å². The number of hydrogen-bond donors (Lipinski definition) is 2. The van der Waals surface area contributed by atoms with Crippen LogP contribution in [0.2, 0.25) is 10.0 Å². The van der Waals surface area contributed by atoms with Gasteiger partial charge in [0.05, 0.1) is 5.02 Å². The van der Waals surface area contributed by atoms with Gasteiger partial charge in [0, 0.05) is 22.3 Å². The summed E-state index contributed by atoms with van der Waals surface area (Å²) in [6.45, 7) is 0. The molecule has 0 aliphatic carbocycles. The molecule has 6 heteroatoms. The Kier molecular flexibility index (Phi) is 3.30. The molecule has 0 spiro atoms. The van der Waals surface area contributed by atoms with Gasteiger partial charge in [-0.05, 0) is 30.3 Å². The Morgan fingerprint density at radius 1 is 1.15 bits per heavy atom. The predicted octanol–water partition coefficient (Wildman–Crippen LogP) is 3.74. The van der Waals surface area contributed by atoms with E-state index in [1.54, 1.807) is 36.4 Å². The van der Waals surface area contributed by atoms with Crippen molar-refractivity contribution in [3.8, 4) is 11.5 Å². The summed E-state index contributed by atoms with van der Waals surface area (Å²) < 4.78 is 5.68. The van der Waals surface area contributed by atoms with Gasteiger partial charge in [0.2, 0.25) is 5.91 Å². The van der Waals surface area contributed by atoms with Gasteiger partial charge < -0.3 is 15.8 Å². The van der Waals surface area contributed by atoms with Crippen LogP contribution in [0.4, 0.5) is 5.69 Å². The summed E-state index contributed by atoms with van der Waals surface area (Å²) in [5, 5.41) is 3.70. The first-order valence-electron chi connectivity index (χ1n) is 5.88. The van der Waals surface area contributed by atoms with Crippen LogP contribution in [0, 0.1) is 0 Å². The number of amides is 1. The fraction of sp³-hybridized carbons (Fsp3) is 0.0714. The predicted molar refractivity (Wildman–Crippen MR) is 78.5 cm³/mol. The number of ether oxygens (including phenoxy) is 1. The summed E-state index contributed by atoms with van der Waals surface area (Å²) in [6.07, 6.45) is 0. The molecule has 1 aliphatic rings. The maximum Gasteiger partial charge on any atom is 0.245 e. The Labute approximate surface area is 125 Å². The molecule has 1 amide bonds. The minimum absolute atomic E-state index is 0.250. The summed E-state index contributed by atoms with van der Waals surface area (Å²) in [5.41, 5.74) is 7.04. The number of hydrogen-bond acceptors (Lipinski definition) is 3. The van der Waals surface area contributed by atoms with E-state index < -0.39 is 6.04 Å². The van der Waals surface area contributed by atoms with Crippen molar-refractivity contribution in [1.82, 2.24) is 0 Å². The smallest absolute Gasteiger partial charge is 0.245 e. The molecular weight excluding hydrogens is 299 g/mol. The van der Waals surface area contributed by atoms with E-state index in [-0.39, 0.29) is 5.91 Å². The first-order valence-corrected chi connectivity index (χ1v) is 6.63. The molecule has 1 aliphatic heterocycles. The molecule has 2 aromatic carbocycles. The molecule has 0 saturated heterocycles. The van der Waals surface area contributed by atoms with Gasteiger partial charge >= 0.3 is 0 Å². The van der Waals surface area contributed by atoms with Crippen molar-refractivity contribution in [2.45, 2.75) is 6.04 Å². The maximum atomic E-state index is 11.5. The molecule has 0 saturated carbocycles. The van der Waals surface area contributed by atoms with E-state index >= 15 is 0 Å². The summed E-state index contributed by atoms with van der Waals surface area (Å²) in [5.74, 6) is 0.798. The normalized spacial score (nSPS) is 16.8. The van der Waals surface area contributed by atoms with Crippen LogP contribution in [-0.2, 0) is 4.79 Å². The molecule has 1 heterocycles. The second-order valence-electron chi connectivity index (χ2n) is 4.39. The van der Waals surface area contributed by atoms with Crippen molar-refractivity contribution in [3.63, 3.8) is 0 Å². The average Bonchev–Trinajstić information content (AvgIpc) is 2.69. The Hall–Kier alpha value is -1.75. The molecule has 0 radical (unpaired) electrons. The second-order valence-corrected chi connectivity index (χ2v) is 5.24. The number of carbonyl (C=O) groups is 1. The molecule has 3 rings (SSSR count). The van der Waals surface area contributed by atoms with E-state index in [1.165, 1.54) is 0 Å². The molecule has 102 valence electrons. The zero-order valence-corrected chi connectivity index (χ0v) is 11.7. The third-order valence-corrected chi connectivity index (χ3v) is 3.57. The molecule has 3 N–H and O–H groups in total. The van der Waals surface area contributed by atoms with Crippen LogP contribution in [0.3, 0.4) is 0 Å². The fourth-order valence-corrected chi connectivity index (χ4v) is 2.33. The lowest BCUT2D eigenvalue weighted by Gasteiger charge is -2.10. The molecule has 1 unspecified atom stereocenters. The third-order valence-electron chi connectivity index (χ3n) is 3.02. The SMILES string of the molecule is NC1C(=O)Nc2cc(Oc3ccc(Cl)cc3)c(Cl)cc21. The van der Waals surface area contributed by atoms with Gasteiger partial charge in [-0.1, -0.05) is 23.2 Å². The van der Waals surface area contributed by atoms with Gasteiger partial charge in [-0.2, -0.15) is 0 Å². The number of nitrogens with two attached hydrogens (primary N) is 1. The lowest BCUT2D eigenvalue weighted by molar-refractivity contribution is -0.116. The Bertz CT molecular complexity index is 686. The third kappa shape index (κ3) is 2.33. The summed E-state index contributed by atoms with van der Waals surface area (Å²) in [6, 6.07) is 9.52. The number of anilines is 1. The van der Waals surface area contributed by atoms with Crippen molar-refractivity contribution in [1.29, 1.82) is 0 Å². The minimum Gasteiger partial charge on any atom is -0.456 e. The van der Waals surface area contributed by atoms with E-state index in [0.717, 1.165) is 0 Å². The molecule has 20 heavy (non-hydrogen) atoms. The number of halogens is 2. The summed E-state index contributed by atoms with van der Waals surface area (Å²) in [4.78, 5) is 11.5. The van der Waals surface area contributed by atoms with E-state index in [0.29, 0.717) is 32.8 Å². The molecule has 4 nitrogen and oxygen atoms in total. The summed E-state index contributed by atoms with van der Waals surface area (Å²) >= 11 is 12.0. The Balaban J connectivity index is 1.94. The second kappa shape index (κ2) is 4.98. The molecule has 2 aromatic rings. The van der Waals surface area contributed by atoms with Gasteiger partial charge in [0.25, 0.3) is 0 Å². The Morgan fingerprint density at radius 2 is 1.85 bits per heavy atom. The van der Waals surface area contributed by atoms with Crippen molar-refractivity contribution in [2.75, 3.05) is 5.32 Å². The van der Waals surface area contributed by atoms with Crippen LogP contribution >= 0.6 is 23.2 Å². The molecule has 1 atom stereocenters. The highest BCUT2D eigenvalue weighted by Gasteiger charge is 2.28. The highest BCUT2D eigenvalue weighted by molar-refractivity contribution is 6.32. The maximum absolute atomic E-state index is 11.5. The average molecular weight is 309 g/mol. The topological polar surface area (TPSA) is 64.4 Å². The lowest BCUT2D eigenvalue weighted by atomic mass is 10.1. The standard InChI is InChI=1S/C14H10Cl2N2O2/c15-7-1-3-8(4-2-7)20-12-6-11-9(5-10(12)16)13(17)14(19)18-11/h1-6,13H,17H2,(H,18,19). The first-order chi connectivity index (χ1) is 9.54. The fourth-order valence-electron chi connectivity index (χ4n) is 1.99. The van der Waals surface area contributed by atoms with E-state index in [2.05, 4.69) is 5.32 Å². The first kappa shape index (κ1) is 13.2.